The van der Waals surface area contributed by atoms with Crippen LogP contribution in [-0.4, -0.2) is 23.9 Å². The van der Waals surface area contributed by atoms with Crippen molar-refractivity contribution in [3.8, 4) is 5.75 Å². The molecule has 1 aromatic rings. The summed E-state index contributed by atoms with van der Waals surface area (Å²) in [6.07, 6.45) is -5.45. The fourth-order valence-electron chi connectivity index (χ4n) is 1.11. The first kappa shape index (κ1) is 13.8. The zero-order valence-electron chi connectivity index (χ0n) is 8.42. The summed E-state index contributed by atoms with van der Waals surface area (Å²) < 4.78 is 40.8. The lowest BCUT2D eigenvalue weighted by molar-refractivity contribution is -0.139. The first-order valence-electron chi connectivity index (χ1n) is 4.52. The van der Waals surface area contributed by atoms with E-state index in [1.54, 1.807) is 0 Å². The molecule has 0 amide bonds. The van der Waals surface area contributed by atoms with E-state index in [1.807, 2.05) is 0 Å². The number of aromatic carboxylic acids is 1. The summed E-state index contributed by atoms with van der Waals surface area (Å²) in [5.74, 6) is -1.35. The molecule has 0 bridgehead atoms. The lowest BCUT2D eigenvalue weighted by Crippen LogP contribution is -2.14. The Morgan fingerprint density at radius 3 is 2.59 bits per heavy atom. The van der Waals surface area contributed by atoms with Crippen LogP contribution in [0.1, 0.15) is 16.8 Å². The fraction of sp³-hybridized carbons (Fsp3) is 0.300. The minimum Gasteiger partial charge on any atom is -0.492 e. The first-order valence-corrected chi connectivity index (χ1v) is 5.32. The highest BCUT2D eigenvalue weighted by molar-refractivity contribution is 9.10. The maximum atomic E-state index is 11.9. The molecular formula is C10H8BrF3O3. The van der Waals surface area contributed by atoms with E-state index in [0.29, 0.717) is 0 Å². The van der Waals surface area contributed by atoms with Crippen molar-refractivity contribution in [1.29, 1.82) is 0 Å². The predicted molar refractivity (Wildman–Crippen MR) is 57.3 cm³/mol. The summed E-state index contributed by atoms with van der Waals surface area (Å²) >= 11 is 3.00. The number of alkyl halides is 3. The van der Waals surface area contributed by atoms with Crippen molar-refractivity contribution < 1.29 is 27.8 Å². The van der Waals surface area contributed by atoms with Crippen molar-refractivity contribution in [2.45, 2.75) is 12.6 Å². The first-order chi connectivity index (χ1) is 7.81. The fourth-order valence-corrected chi connectivity index (χ4v) is 1.63. The van der Waals surface area contributed by atoms with E-state index >= 15 is 0 Å². The molecule has 0 aromatic heterocycles. The van der Waals surface area contributed by atoms with Crippen LogP contribution in [0, 0.1) is 0 Å². The molecule has 0 fully saturated rings. The van der Waals surface area contributed by atoms with Gasteiger partial charge in [-0.15, -0.1) is 0 Å². The van der Waals surface area contributed by atoms with E-state index in [2.05, 4.69) is 15.9 Å². The van der Waals surface area contributed by atoms with Crippen LogP contribution in [0.4, 0.5) is 13.2 Å². The molecule has 0 aliphatic heterocycles. The average molecular weight is 313 g/mol. The molecule has 1 aromatic carbocycles. The molecule has 0 saturated heterocycles. The van der Waals surface area contributed by atoms with E-state index in [1.165, 1.54) is 18.2 Å². The van der Waals surface area contributed by atoms with Gasteiger partial charge in [-0.3, -0.25) is 0 Å². The van der Waals surface area contributed by atoms with Gasteiger partial charge in [0, 0.05) is 4.47 Å². The molecule has 0 atom stereocenters. The number of ether oxygens (including phenoxy) is 1. The van der Waals surface area contributed by atoms with Crippen molar-refractivity contribution in [3.63, 3.8) is 0 Å². The molecule has 0 saturated carbocycles. The number of carboxylic acid groups (broad SMARTS) is 1. The van der Waals surface area contributed by atoms with Crippen LogP contribution in [0.25, 0.3) is 0 Å². The van der Waals surface area contributed by atoms with Crippen LogP contribution >= 0.6 is 15.9 Å². The zero-order valence-corrected chi connectivity index (χ0v) is 10.0. The summed E-state index contributed by atoms with van der Waals surface area (Å²) in [5, 5.41) is 8.87. The van der Waals surface area contributed by atoms with Gasteiger partial charge in [0.2, 0.25) is 0 Å². The third-order valence-corrected chi connectivity index (χ3v) is 2.49. The monoisotopic (exact) mass is 312 g/mol. The maximum absolute atomic E-state index is 11.9. The molecule has 1 N–H and O–H groups in total. The molecule has 0 aliphatic rings. The lowest BCUT2D eigenvalue weighted by Gasteiger charge is -2.11. The Kier molecular flexibility index (Phi) is 4.39. The number of carbonyl (C=O) groups is 1. The number of hydrogen-bond donors (Lipinski definition) is 1. The van der Waals surface area contributed by atoms with Gasteiger partial charge >= 0.3 is 12.1 Å². The highest BCUT2D eigenvalue weighted by Gasteiger charge is 2.27. The third-order valence-electron chi connectivity index (χ3n) is 1.83. The third kappa shape index (κ3) is 4.26. The standard InChI is InChI=1S/C10H8BrF3O3/c11-6-2-1-3-7(8(6)9(15)16)17-5-4-10(12,13)14/h1-3H,4-5H2,(H,15,16). The highest BCUT2D eigenvalue weighted by atomic mass is 79.9. The van der Waals surface area contributed by atoms with Crippen molar-refractivity contribution >= 4 is 21.9 Å². The summed E-state index contributed by atoms with van der Waals surface area (Å²) in [6, 6.07) is 4.27. The van der Waals surface area contributed by atoms with Gasteiger partial charge in [-0.2, -0.15) is 13.2 Å². The van der Waals surface area contributed by atoms with Crippen molar-refractivity contribution in [3.05, 3.63) is 28.2 Å². The Morgan fingerprint density at radius 1 is 1.41 bits per heavy atom. The van der Waals surface area contributed by atoms with Crippen molar-refractivity contribution in [2.75, 3.05) is 6.61 Å². The molecule has 0 spiro atoms. The minimum atomic E-state index is -4.32. The van der Waals surface area contributed by atoms with Crippen LogP contribution in [0.2, 0.25) is 0 Å². The van der Waals surface area contributed by atoms with E-state index in [0.717, 1.165) is 0 Å². The van der Waals surface area contributed by atoms with E-state index < -0.39 is 25.2 Å². The van der Waals surface area contributed by atoms with Gasteiger partial charge < -0.3 is 9.84 Å². The van der Waals surface area contributed by atoms with Gasteiger partial charge in [0.15, 0.2) is 0 Å². The molecule has 1 rings (SSSR count). The minimum absolute atomic E-state index is 0.0869. The normalized spacial score (nSPS) is 11.3. The molecule has 7 heteroatoms. The second-order valence-corrected chi connectivity index (χ2v) is 3.99. The molecule has 94 valence electrons. The Morgan fingerprint density at radius 2 is 2.06 bits per heavy atom. The van der Waals surface area contributed by atoms with Crippen LogP contribution < -0.4 is 4.74 Å². The van der Waals surface area contributed by atoms with Crippen LogP contribution in [0.5, 0.6) is 5.75 Å². The molecule has 0 unspecified atom stereocenters. The summed E-state index contributed by atoms with van der Waals surface area (Å²) in [4.78, 5) is 10.9. The van der Waals surface area contributed by atoms with E-state index in [-0.39, 0.29) is 15.8 Å². The molecule has 3 nitrogen and oxygen atoms in total. The van der Waals surface area contributed by atoms with E-state index in [4.69, 9.17) is 9.84 Å². The Balaban J connectivity index is 2.78. The highest BCUT2D eigenvalue weighted by Crippen LogP contribution is 2.27. The number of benzene rings is 1. The van der Waals surface area contributed by atoms with Crippen LogP contribution in [0.3, 0.4) is 0 Å². The Bertz CT molecular complexity index is 418. The number of halogens is 4. The summed E-state index contributed by atoms with van der Waals surface area (Å²) in [7, 11) is 0. The molecule has 0 radical (unpaired) electrons. The molecular weight excluding hydrogens is 305 g/mol. The van der Waals surface area contributed by atoms with Crippen molar-refractivity contribution in [2.24, 2.45) is 0 Å². The average Bonchev–Trinajstić information content (AvgIpc) is 2.14. The molecule has 17 heavy (non-hydrogen) atoms. The van der Waals surface area contributed by atoms with E-state index in [9.17, 15) is 18.0 Å². The topological polar surface area (TPSA) is 46.5 Å². The van der Waals surface area contributed by atoms with Crippen molar-refractivity contribution in [1.82, 2.24) is 0 Å². The second-order valence-electron chi connectivity index (χ2n) is 3.13. The summed E-state index contributed by atoms with van der Waals surface area (Å²) in [6.45, 7) is -0.611. The Labute approximate surface area is 103 Å². The van der Waals surface area contributed by atoms with Gasteiger partial charge in [-0.05, 0) is 28.1 Å². The SMILES string of the molecule is O=C(O)c1c(Br)cccc1OCCC(F)(F)F. The smallest absolute Gasteiger partial charge is 0.392 e. The predicted octanol–water partition coefficient (Wildman–Crippen LogP) is 3.48. The lowest BCUT2D eigenvalue weighted by atomic mass is 10.2. The Hall–Kier alpha value is -1.24. The maximum Gasteiger partial charge on any atom is 0.392 e. The number of rotatable bonds is 4. The zero-order chi connectivity index (χ0) is 13.1. The van der Waals surface area contributed by atoms with Crippen LogP contribution in [0.15, 0.2) is 22.7 Å². The van der Waals surface area contributed by atoms with Gasteiger partial charge in [0.25, 0.3) is 0 Å². The molecule has 0 aliphatic carbocycles. The van der Waals surface area contributed by atoms with Gasteiger partial charge in [-0.25, -0.2) is 4.79 Å². The summed E-state index contributed by atoms with van der Waals surface area (Å²) in [5.41, 5.74) is -0.185. The quantitative estimate of drug-likeness (QED) is 0.926. The van der Waals surface area contributed by atoms with Gasteiger partial charge in [-0.1, -0.05) is 6.07 Å². The molecule has 0 heterocycles. The van der Waals surface area contributed by atoms with Gasteiger partial charge in [0.05, 0.1) is 13.0 Å². The number of carboxylic acids is 1. The second kappa shape index (κ2) is 5.39. The van der Waals surface area contributed by atoms with Gasteiger partial charge in [0.1, 0.15) is 11.3 Å². The number of hydrogen-bond acceptors (Lipinski definition) is 2. The van der Waals surface area contributed by atoms with Crippen LogP contribution in [-0.2, 0) is 0 Å². The largest absolute Gasteiger partial charge is 0.492 e.